The van der Waals surface area contributed by atoms with Gasteiger partial charge in [0.2, 0.25) is 0 Å². The van der Waals surface area contributed by atoms with Gasteiger partial charge in [0.15, 0.2) is 0 Å². The van der Waals surface area contributed by atoms with Crippen LogP contribution in [-0.4, -0.2) is 13.3 Å². The molecule has 0 saturated carbocycles. The summed E-state index contributed by atoms with van der Waals surface area (Å²) in [6.07, 6.45) is 0. The van der Waals surface area contributed by atoms with E-state index in [1.54, 1.807) is 12.1 Å². The first-order valence-electron chi connectivity index (χ1n) is 3.76. The number of benzene rings is 1. The monoisotopic (exact) mass is 180 g/mol. The number of ether oxygens (including phenoxy) is 1. The molecule has 0 amide bonds. The quantitative estimate of drug-likeness (QED) is 0.717. The molecular formula is C9H9FN2O. The van der Waals surface area contributed by atoms with Gasteiger partial charge in [0, 0.05) is 0 Å². The van der Waals surface area contributed by atoms with Crippen LogP contribution in [0.15, 0.2) is 18.2 Å². The zero-order valence-electron chi connectivity index (χ0n) is 6.96. The Morgan fingerprint density at radius 3 is 2.85 bits per heavy atom. The highest BCUT2D eigenvalue weighted by Crippen LogP contribution is 2.21. The van der Waals surface area contributed by atoms with Crippen molar-refractivity contribution < 1.29 is 9.13 Å². The Bertz CT molecular complexity index is 333. The maximum atomic E-state index is 11.7. The maximum absolute atomic E-state index is 11.7. The zero-order valence-corrected chi connectivity index (χ0v) is 6.96. The van der Waals surface area contributed by atoms with Crippen molar-refractivity contribution in [3.8, 4) is 11.8 Å². The summed E-state index contributed by atoms with van der Waals surface area (Å²) in [7, 11) is 0. The van der Waals surface area contributed by atoms with Gasteiger partial charge < -0.3 is 10.5 Å². The Morgan fingerprint density at radius 2 is 2.31 bits per heavy atom. The summed E-state index contributed by atoms with van der Waals surface area (Å²) in [5, 5.41) is 8.52. The third-order valence-corrected chi connectivity index (χ3v) is 1.47. The molecule has 0 aliphatic carbocycles. The first-order chi connectivity index (χ1) is 6.27. The fourth-order valence-corrected chi connectivity index (χ4v) is 0.898. The molecule has 1 aromatic rings. The fraction of sp³-hybridized carbons (Fsp3) is 0.222. The van der Waals surface area contributed by atoms with E-state index in [2.05, 4.69) is 0 Å². The molecule has 13 heavy (non-hydrogen) atoms. The first kappa shape index (κ1) is 9.33. The van der Waals surface area contributed by atoms with Crippen LogP contribution in [0.1, 0.15) is 5.56 Å². The lowest BCUT2D eigenvalue weighted by atomic mass is 10.2. The predicted molar refractivity (Wildman–Crippen MR) is 47.0 cm³/mol. The first-order valence-corrected chi connectivity index (χ1v) is 3.76. The number of alkyl halides is 1. The lowest BCUT2D eigenvalue weighted by molar-refractivity contribution is 0.274. The van der Waals surface area contributed by atoms with E-state index in [1.165, 1.54) is 6.07 Å². The van der Waals surface area contributed by atoms with Gasteiger partial charge in [-0.25, -0.2) is 4.39 Å². The van der Waals surface area contributed by atoms with E-state index in [0.717, 1.165) is 0 Å². The average molecular weight is 180 g/mol. The summed E-state index contributed by atoms with van der Waals surface area (Å²) in [6, 6.07) is 6.57. The van der Waals surface area contributed by atoms with E-state index in [0.29, 0.717) is 17.0 Å². The molecule has 0 atom stereocenters. The Hall–Kier alpha value is -1.76. The molecule has 68 valence electrons. The highest BCUT2D eigenvalue weighted by molar-refractivity contribution is 5.56. The number of nitrogen functional groups attached to an aromatic ring is 1. The molecule has 0 aliphatic rings. The molecular weight excluding hydrogens is 171 g/mol. The molecule has 0 aliphatic heterocycles. The molecule has 4 heteroatoms. The van der Waals surface area contributed by atoms with Crippen LogP contribution in [0.3, 0.4) is 0 Å². The largest absolute Gasteiger partial charge is 0.489 e. The second-order valence-electron chi connectivity index (χ2n) is 2.40. The Balaban J connectivity index is 2.81. The summed E-state index contributed by atoms with van der Waals surface area (Å²) in [6.45, 7) is -0.574. The average Bonchev–Trinajstić information content (AvgIpc) is 2.16. The number of nitrogens with two attached hydrogens (primary N) is 1. The van der Waals surface area contributed by atoms with Crippen LogP contribution < -0.4 is 10.5 Å². The molecule has 0 radical (unpaired) electrons. The van der Waals surface area contributed by atoms with Gasteiger partial charge in [-0.1, -0.05) is 0 Å². The van der Waals surface area contributed by atoms with Crippen molar-refractivity contribution in [3.63, 3.8) is 0 Å². The van der Waals surface area contributed by atoms with Crippen molar-refractivity contribution in [2.24, 2.45) is 0 Å². The summed E-state index contributed by atoms with van der Waals surface area (Å²) in [5.41, 5.74) is 6.36. The summed E-state index contributed by atoms with van der Waals surface area (Å²) in [5.74, 6) is 0.414. The molecule has 0 fully saturated rings. The number of rotatable bonds is 3. The van der Waals surface area contributed by atoms with E-state index < -0.39 is 6.67 Å². The van der Waals surface area contributed by atoms with Crippen LogP contribution in [-0.2, 0) is 0 Å². The Kier molecular flexibility index (Phi) is 3.09. The van der Waals surface area contributed by atoms with E-state index in [4.69, 9.17) is 15.7 Å². The van der Waals surface area contributed by atoms with Crippen LogP contribution in [0.2, 0.25) is 0 Å². The summed E-state index contributed by atoms with van der Waals surface area (Å²) in [4.78, 5) is 0. The van der Waals surface area contributed by atoms with Gasteiger partial charge in [-0.2, -0.15) is 5.26 Å². The van der Waals surface area contributed by atoms with Gasteiger partial charge in [0.25, 0.3) is 0 Å². The SMILES string of the molecule is N#Cc1ccc(OCCF)c(N)c1. The van der Waals surface area contributed by atoms with E-state index in [9.17, 15) is 4.39 Å². The predicted octanol–water partition coefficient (Wildman–Crippen LogP) is 1.49. The fourth-order valence-electron chi connectivity index (χ4n) is 0.898. The minimum atomic E-state index is -0.556. The van der Waals surface area contributed by atoms with Crippen LogP contribution >= 0.6 is 0 Å². The number of hydrogen-bond donors (Lipinski definition) is 1. The van der Waals surface area contributed by atoms with Crippen molar-refractivity contribution >= 4 is 5.69 Å². The Labute approximate surface area is 75.5 Å². The van der Waals surface area contributed by atoms with Crippen LogP contribution in [0.25, 0.3) is 0 Å². The number of nitrogens with zero attached hydrogens (tertiary/aromatic N) is 1. The van der Waals surface area contributed by atoms with Crippen LogP contribution in [0, 0.1) is 11.3 Å². The molecule has 0 aromatic heterocycles. The van der Waals surface area contributed by atoms with Gasteiger partial charge in [0.05, 0.1) is 17.3 Å². The number of anilines is 1. The minimum Gasteiger partial charge on any atom is -0.489 e. The van der Waals surface area contributed by atoms with E-state index in [1.807, 2.05) is 6.07 Å². The highest BCUT2D eigenvalue weighted by Gasteiger charge is 2.00. The second kappa shape index (κ2) is 4.31. The number of halogens is 1. The van der Waals surface area contributed by atoms with Gasteiger partial charge in [0.1, 0.15) is 19.0 Å². The Morgan fingerprint density at radius 1 is 1.54 bits per heavy atom. The third-order valence-electron chi connectivity index (χ3n) is 1.47. The molecule has 0 spiro atoms. The molecule has 0 heterocycles. The molecule has 0 unspecified atom stereocenters. The number of nitriles is 1. The molecule has 3 nitrogen and oxygen atoms in total. The van der Waals surface area contributed by atoms with Crippen LogP contribution in [0.5, 0.6) is 5.75 Å². The van der Waals surface area contributed by atoms with Crippen molar-refractivity contribution in [1.82, 2.24) is 0 Å². The summed E-state index contributed by atoms with van der Waals surface area (Å²) < 4.78 is 16.7. The molecule has 1 rings (SSSR count). The van der Waals surface area contributed by atoms with E-state index >= 15 is 0 Å². The molecule has 0 bridgehead atoms. The minimum absolute atomic E-state index is 0.0178. The third kappa shape index (κ3) is 2.34. The molecule has 0 saturated heterocycles. The maximum Gasteiger partial charge on any atom is 0.142 e. The van der Waals surface area contributed by atoms with Crippen LogP contribution in [0.4, 0.5) is 10.1 Å². The van der Waals surface area contributed by atoms with Gasteiger partial charge in [-0.05, 0) is 18.2 Å². The topological polar surface area (TPSA) is 59.0 Å². The van der Waals surface area contributed by atoms with Crippen molar-refractivity contribution in [1.29, 1.82) is 5.26 Å². The lowest BCUT2D eigenvalue weighted by Crippen LogP contribution is -2.01. The lowest BCUT2D eigenvalue weighted by Gasteiger charge is -2.06. The number of hydrogen-bond acceptors (Lipinski definition) is 3. The van der Waals surface area contributed by atoms with Crippen molar-refractivity contribution in [3.05, 3.63) is 23.8 Å². The summed E-state index contributed by atoms with van der Waals surface area (Å²) >= 11 is 0. The normalized spacial score (nSPS) is 9.23. The molecule has 1 aromatic carbocycles. The van der Waals surface area contributed by atoms with Gasteiger partial charge >= 0.3 is 0 Å². The second-order valence-corrected chi connectivity index (χ2v) is 2.40. The molecule has 2 N–H and O–H groups in total. The van der Waals surface area contributed by atoms with Crippen molar-refractivity contribution in [2.75, 3.05) is 19.0 Å². The van der Waals surface area contributed by atoms with E-state index in [-0.39, 0.29) is 6.61 Å². The van der Waals surface area contributed by atoms with Gasteiger partial charge in [-0.3, -0.25) is 0 Å². The standard InChI is InChI=1S/C9H9FN2O/c10-3-4-13-9-2-1-7(6-11)5-8(9)12/h1-2,5H,3-4,12H2. The van der Waals surface area contributed by atoms with Crippen molar-refractivity contribution in [2.45, 2.75) is 0 Å². The highest BCUT2D eigenvalue weighted by atomic mass is 19.1. The zero-order chi connectivity index (χ0) is 9.68. The van der Waals surface area contributed by atoms with Gasteiger partial charge in [-0.15, -0.1) is 0 Å². The smallest absolute Gasteiger partial charge is 0.142 e.